The molecule has 0 unspecified atom stereocenters. The molecule has 2 aliphatic rings. The molecule has 1 aliphatic heterocycles. The number of ether oxygens (including phenoxy) is 2. The maximum Gasteiger partial charge on any atom is 0.325 e. The van der Waals surface area contributed by atoms with Gasteiger partial charge in [0.2, 0.25) is 0 Å². The fourth-order valence-electron chi connectivity index (χ4n) is 5.51. The van der Waals surface area contributed by atoms with Crippen molar-refractivity contribution in [1.29, 1.82) is 5.26 Å². The Labute approximate surface area is 236 Å². The lowest BCUT2D eigenvalue weighted by molar-refractivity contribution is -0.150. The predicted octanol–water partition coefficient (Wildman–Crippen LogP) is 5.56. The normalized spacial score (nSPS) is 21.1. The maximum atomic E-state index is 12.2. The molecule has 1 saturated heterocycles. The van der Waals surface area contributed by atoms with E-state index in [1.807, 2.05) is 39.0 Å². The van der Waals surface area contributed by atoms with Gasteiger partial charge in [-0.15, -0.1) is 0 Å². The van der Waals surface area contributed by atoms with E-state index in [-0.39, 0.29) is 5.97 Å². The van der Waals surface area contributed by atoms with E-state index < -0.39 is 11.0 Å². The van der Waals surface area contributed by atoms with Crippen molar-refractivity contribution in [3.05, 3.63) is 41.2 Å². The molecule has 0 spiro atoms. The Hall–Kier alpha value is -2.73. The summed E-state index contributed by atoms with van der Waals surface area (Å²) >= 11 is 6.57. The van der Waals surface area contributed by atoms with Crippen LogP contribution >= 0.6 is 11.6 Å². The molecular formula is C30H40ClN5O3. The van der Waals surface area contributed by atoms with Crippen LogP contribution in [-0.4, -0.2) is 53.9 Å². The van der Waals surface area contributed by atoms with Gasteiger partial charge in [-0.2, -0.15) is 5.26 Å². The molecule has 2 aromatic heterocycles. The van der Waals surface area contributed by atoms with Crippen molar-refractivity contribution < 1.29 is 14.3 Å². The molecule has 0 radical (unpaired) electrons. The molecule has 0 atom stereocenters. The lowest BCUT2D eigenvalue weighted by Gasteiger charge is -2.34. The molecule has 2 N–H and O–H groups in total. The number of nitriles is 1. The standard InChI is InChI=1S/C30H40ClN5O3/c1-4-39-28(37)29(2,3)36-22-10-8-21(9-11-22)16-23-17-24(25(31)18-33-23)26-6-5-7-27(35-26)34-20-30(19-32)12-14-38-15-13-30/h5-7,17-18,21-22,36H,4,8-16,20H2,1-3H3,(H,34,35). The average molecular weight is 554 g/mol. The smallest absolute Gasteiger partial charge is 0.325 e. The van der Waals surface area contributed by atoms with Crippen LogP contribution in [0.5, 0.6) is 0 Å². The van der Waals surface area contributed by atoms with E-state index in [9.17, 15) is 10.1 Å². The van der Waals surface area contributed by atoms with Gasteiger partial charge in [-0.25, -0.2) is 4.98 Å². The second-order valence-corrected chi connectivity index (χ2v) is 11.7. The van der Waals surface area contributed by atoms with E-state index in [1.54, 1.807) is 6.20 Å². The third-order valence-corrected chi connectivity index (χ3v) is 8.23. The van der Waals surface area contributed by atoms with E-state index in [0.29, 0.717) is 43.3 Å². The third kappa shape index (κ3) is 7.69. The second kappa shape index (κ2) is 13.1. The van der Waals surface area contributed by atoms with Crippen LogP contribution in [0.4, 0.5) is 5.82 Å². The summed E-state index contributed by atoms with van der Waals surface area (Å²) in [6.07, 6.45) is 8.20. The zero-order chi connectivity index (χ0) is 27.9. The van der Waals surface area contributed by atoms with Crippen LogP contribution in [0.25, 0.3) is 11.3 Å². The van der Waals surface area contributed by atoms with Gasteiger partial charge in [0.15, 0.2) is 0 Å². The summed E-state index contributed by atoms with van der Waals surface area (Å²) in [6.45, 7) is 7.76. The summed E-state index contributed by atoms with van der Waals surface area (Å²) in [5, 5.41) is 17.2. The first-order valence-electron chi connectivity index (χ1n) is 14.0. The van der Waals surface area contributed by atoms with Crippen molar-refractivity contribution in [2.75, 3.05) is 31.7 Å². The molecule has 2 aromatic rings. The third-order valence-electron chi connectivity index (χ3n) is 7.93. The average Bonchev–Trinajstić information content (AvgIpc) is 2.94. The summed E-state index contributed by atoms with van der Waals surface area (Å²) in [6, 6.07) is 10.7. The van der Waals surface area contributed by atoms with Crippen LogP contribution in [0, 0.1) is 22.7 Å². The number of carbonyl (C=O) groups is 1. The van der Waals surface area contributed by atoms with Crippen molar-refractivity contribution in [3.63, 3.8) is 0 Å². The van der Waals surface area contributed by atoms with Gasteiger partial charge in [-0.1, -0.05) is 17.7 Å². The molecule has 210 valence electrons. The summed E-state index contributed by atoms with van der Waals surface area (Å²) in [5.41, 5.74) is 1.53. The minimum atomic E-state index is -0.684. The number of carbonyl (C=O) groups excluding carboxylic acids is 1. The topological polar surface area (TPSA) is 109 Å². The monoisotopic (exact) mass is 553 g/mol. The Morgan fingerprint density at radius 3 is 2.69 bits per heavy atom. The summed E-state index contributed by atoms with van der Waals surface area (Å²) in [4.78, 5) is 21.7. The van der Waals surface area contributed by atoms with Gasteiger partial charge in [0, 0.05) is 43.3 Å². The van der Waals surface area contributed by atoms with Gasteiger partial charge in [-0.3, -0.25) is 15.1 Å². The quantitative estimate of drug-likeness (QED) is 0.368. The first-order valence-corrected chi connectivity index (χ1v) is 14.4. The number of anilines is 1. The molecule has 1 saturated carbocycles. The first kappa shape index (κ1) is 29.3. The van der Waals surface area contributed by atoms with Crippen LogP contribution < -0.4 is 10.6 Å². The molecule has 0 aromatic carbocycles. The summed E-state index contributed by atoms with van der Waals surface area (Å²) in [5.74, 6) is 1.04. The Morgan fingerprint density at radius 1 is 1.26 bits per heavy atom. The molecule has 39 heavy (non-hydrogen) atoms. The van der Waals surface area contributed by atoms with Gasteiger partial charge in [0.05, 0.1) is 28.8 Å². The molecule has 0 amide bonds. The molecule has 9 heteroatoms. The van der Waals surface area contributed by atoms with Crippen molar-refractivity contribution in [1.82, 2.24) is 15.3 Å². The van der Waals surface area contributed by atoms with E-state index in [0.717, 1.165) is 67.7 Å². The number of hydrogen-bond donors (Lipinski definition) is 2. The number of esters is 1. The number of pyridine rings is 2. The Kier molecular flexibility index (Phi) is 9.81. The Balaban J connectivity index is 1.36. The van der Waals surface area contributed by atoms with Gasteiger partial charge in [0.25, 0.3) is 0 Å². The highest BCUT2D eigenvalue weighted by Gasteiger charge is 2.34. The lowest BCUT2D eigenvalue weighted by Crippen LogP contribution is -2.53. The van der Waals surface area contributed by atoms with Gasteiger partial charge in [-0.05, 0) is 89.8 Å². The highest BCUT2D eigenvalue weighted by atomic mass is 35.5. The zero-order valence-electron chi connectivity index (χ0n) is 23.3. The van der Waals surface area contributed by atoms with Crippen LogP contribution in [-0.2, 0) is 20.7 Å². The largest absolute Gasteiger partial charge is 0.465 e. The molecule has 1 aliphatic carbocycles. The van der Waals surface area contributed by atoms with Crippen LogP contribution in [0.2, 0.25) is 5.02 Å². The van der Waals surface area contributed by atoms with E-state index in [1.165, 1.54) is 0 Å². The Morgan fingerprint density at radius 2 is 2.00 bits per heavy atom. The van der Waals surface area contributed by atoms with E-state index in [4.69, 9.17) is 26.1 Å². The van der Waals surface area contributed by atoms with Gasteiger partial charge >= 0.3 is 5.97 Å². The molecular weight excluding hydrogens is 514 g/mol. The van der Waals surface area contributed by atoms with Gasteiger partial charge < -0.3 is 14.8 Å². The minimum absolute atomic E-state index is 0.203. The SMILES string of the molecule is CCOC(=O)C(C)(C)NC1CCC(Cc2cc(-c3cccc(NCC4(C#N)CCOCC4)n3)c(Cl)cn2)CC1. The van der Waals surface area contributed by atoms with Crippen LogP contribution in [0.15, 0.2) is 30.5 Å². The molecule has 2 fully saturated rings. The molecule has 4 rings (SSSR count). The first-order chi connectivity index (χ1) is 18.7. The van der Waals surface area contributed by atoms with Crippen molar-refractivity contribution >= 4 is 23.4 Å². The highest BCUT2D eigenvalue weighted by Crippen LogP contribution is 2.33. The zero-order valence-corrected chi connectivity index (χ0v) is 24.0. The molecule has 0 bridgehead atoms. The predicted molar refractivity (Wildman–Crippen MR) is 152 cm³/mol. The minimum Gasteiger partial charge on any atom is -0.465 e. The number of nitrogens with zero attached hydrogens (tertiary/aromatic N) is 3. The Bertz CT molecular complexity index is 1170. The number of hydrogen-bond acceptors (Lipinski definition) is 8. The number of halogens is 1. The lowest BCUT2D eigenvalue weighted by atomic mass is 9.82. The highest BCUT2D eigenvalue weighted by molar-refractivity contribution is 6.33. The van der Waals surface area contributed by atoms with Crippen LogP contribution in [0.3, 0.4) is 0 Å². The van der Waals surface area contributed by atoms with Crippen molar-refractivity contribution in [2.24, 2.45) is 11.3 Å². The van der Waals surface area contributed by atoms with Crippen molar-refractivity contribution in [3.8, 4) is 17.3 Å². The second-order valence-electron chi connectivity index (χ2n) is 11.3. The number of rotatable bonds is 10. The number of nitrogens with one attached hydrogen (secondary N) is 2. The fraction of sp³-hybridized carbons (Fsp3) is 0.600. The molecule has 8 nitrogen and oxygen atoms in total. The van der Waals surface area contributed by atoms with E-state index in [2.05, 4.69) is 27.8 Å². The van der Waals surface area contributed by atoms with Crippen LogP contribution in [0.1, 0.15) is 65.0 Å². The van der Waals surface area contributed by atoms with Gasteiger partial charge in [0.1, 0.15) is 11.4 Å². The number of aromatic nitrogens is 2. The summed E-state index contributed by atoms with van der Waals surface area (Å²) in [7, 11) is 0. The van der Waals surface area contributed by atoms with E-state index >= 15 is 0 Å². The molecule has 3 heterocycles. The summed E-state index contributed by atoms with van der Waals surface area (Å²) < 4.78 is 10.7. The van der Waals surface area contributed by atoms with Crippen molar-refractivity contribution in [2.45, 2.75) is 77.3 Å². The maximum absolute atomic E-state index is 12.2. The fourth-order valence-corrected chi connectivity index (χ4v) is 5.71.